The van der Waals surface area contributed by atoms with E-state index in [1.807, 2.05) is 0 Å². The zero-order chi connectivity index (χ0) is 10.9. The van der Waals surface area contributed by atoms with Gasteiger partial charge in [0.05, 0.1) is 0 Å². The van der Waals surface area contributed by atoms with Crippen LogP contribution in [0.3, 0.4) is 0 Å². The van der Waals surface area contributed by atoms with Crippen molar-refractivity contribution in [3.05, 3.63) is 0 Å². The van der Waals surface area contributed by atoms with Crippen LogP contribution < -0.4 is 5.48 Å². The number of hydroxylamine groups is 1. The molecule has 4 nitrogen and oxygen atoms in total. The first-order chi connectivity index (χ1) is 7.36. The Kier molecular flexibility index (Phi) is 7.21. The molecule has 0 amide bonds. The van der Waals surface area contributed by atoms with Crippen molar-refractivity contribution in [2.24, 2.45) is 5.92 Å². The predicted octanol–water partition coefficient (Wildman–Crippen LogP) is 1.49. The highest BCUT2D eigenvalue weighted by Crippen LogP contribution is 2.19. The molecule has 0 aromatic carbocycles. The summed E-state index contributed by atoms with van der Waals surface area (Å²) in [7, 11) is -0.127. The van der Waals surface area contributed by atoms with Gasteiger partial charge in [-0.15, -0.1) is 0 Å². The minimum absolute atomic E-state index is 0.773. The fourth-order valence-corrected chi connectivity index (χ4v) is 2.88. The van der Waals surface area contributed by atoms with Crippen LogP contribution in [0, 0.1) is 5.92 Å². The quantitative estimate of drug-likeness (QED) is 0.577. The van der Waals surface area contributed by atoms with Gasteiger partial charge in [-0.3, -0.25) is 4.53 Å². The molecule has 0 radical (unpaired) electrons. The summed E-state index contributed by atoms with van der Waals surface area (Å²) in [4.78, 5) is 0. The van der Waals surface area contributed by atoms with Crippen molar-refractivity contribution in [2.45, 2.75) is 39.0 Å². The van der Waals surface area contributed by atoms with Gasteiger partial charge in [-0.05, 0) is 18.8 Å². The zero-order valence-electron chi connectivity index (χ0n) is 9.83. The van der Waals surface area contributed by atoms with E-state index in [0.29, 0.717) is 0 Å². The van der Waals surface area contributed by atoms with Crippen LogP contribution in [0.4, 0.5) is 0 Å². The van der Waals surface area contributed by atoms with E-state index >= 15 is 0 Å². The molecule has 1 saturated heterocycles. The third-order valence-corrected chi connectivity index (χ3v) is 4.18. The molecular formula is C10H23NO3Si. The first-order valence-electron chi connectivity index (χ1n) is 5.92. The number of rotatable bonds is 5. The highest BCUT2D eigenvalue weighted by molar-refractivity contribution is 6.36. The van der Waals surface area contributed by atoms with Crippen LogP contribution in [-0.4, -0.2) is 29.8 Å². The van der Waals surface area contributed by atoms with Crippen molar-refractivity contribution in [1.29, 1.82) is 0 Å². The second-order valence-electron chi connectivity index (χ2n) is 3.94. The van der Waals surface area contributed by atoms with Crippen LogP contribution in [0.2, 0.25) is 0 Å². The standard InChI is InChI=1S/C10H23NO3Si/c1-3-4-5-10-6-8-12-15(14-11-2)13-9-7-10/h10-11,15H,3-9H2,1-2H3. The molecule has 0 unspecified atom stereocenters. The maximum atomic E-state index is 5.57. The van der Waals surface area contributed by atoms with Gasteiger partial charge < -0.3 is 8.85 Å². The van der Waals surface area contributed by atoms with E-state index in [1.165, 1.54) is 19.3 Å². The molecule has 0 aromatic heterocycles. The molecule has 0 aliphatic carbocycles. The molecule has 5 heteroatoms. The van der Waals surface area contributed by atoms with Crippen molar-refractivity contribution in [2.75, 3.05) is 20.3 Å². The minimum atomic E-state index is -1.87. The van der Waals surface area contributed by atoms with Gasteiger partial charge in [0.1, 0.15) is 0 Å². The van der Waals surface area contributed by atoms with E-state index in [1.54, 1.807) is 7.05 Å². The van der Waals surface area contributed by atoms with Gasteiger partial charge in [0.25, 0.3) is 0 Å². The van der Waals surface area contributed by atoms with E-state index in [4.69, 9.17) is 13.4 Å². The fraction of sp³-hybridized carbons (Fsp3) is 1.00. The van der Waals surface area contributed by atoms with Crippen LogP contribution >= 0.6 is 0 Å². The highest BCUT2D eigenvalue weighted by atomic mass is 28.3. The van der Waals surface area contributed by atoms with Crippen molar-refractivity contribution in [3.63, 3.8) is 0 Å². The maximum Gasteiger partial charge on any atom is 0.501 e. The first kappa shape index (κ1) is 13.1. The van der Waals surface area contributed by atoms with Gasteiger partial charge in [0.15, 0.2) is 0 Å². The Morgan fingerprint density at radius 3 is 2.53 bits per heavy atom. The Balaban J connectivity index is 2.18. The Labute approximate surface area is 94.2 Å². The summed E-state index contributed by atoms with van der Waals surface area (Å²) >= 11 is 0. The summed E-state index contributed by atoms with van der Waals surface area (Å²) in [6.45, 7) is 3.81. The van der Waals surface area contributed by atoms with Crippen molar-refractivity contribution >= 4 is 9.53 Å². The Morgan fingerprint density at radius 1 is 1.33 bits per heavy atom. The molecular weight excluding hydrogens is 210 g/mol. The fourth-order valence-electron chi connectivity index (χ4n) is 1.80. The molecule has 1 N–H and O–H groups in total. The van der Waals surface area contributed by atoms with Crippen LogP contribution in [0.5, 0.6) is 0 Å². The van der Waals surface area contributed by atoms with Crippen LogP contribution in [0.25, 0.3) is 0 Å². The molecule has 0 spiro atoms. The molecule has 0 aromatic rings. The SMILES string of the molecule is CCCCC1CCO[SiH](ONC)OCC1. The summed E-state index contributed by atoms with van der Waals surface area (Å²) in [5.74, 6) is 0.773. The number of hydrogen-bond acceptors (Lipinski definition) is 4. The van der Waals surface area contributed by atoms with Gasteiger partial charge in [0.2, 0.25) is 0 Å². The highest BCUT2D eigenvalue weighted by Gasteiger charge is 2.20. The van der Waals surface area contributed by atoms with E-state index in [2.05, 4.69) is 12.4 Å². The summed E-state index contributed by atoms with van der Waals surface area (Å²) < 4.78 is 16.3. The molecule has 15 heavy (non-hydrogen) atoms. The first-order valence-corrected chi connectivity index (χ1v) is 7.33. The second kappa shape index (κ2) is 8.24. The molecule has 0 atom stereocenters. The largest absolute Gasteiger partial charge is 0.501 e. The lowest BCUT2D eigenvalue weighted by Gasteiger charge is -2.23. The molecule has 1 heterocycles. The summed E-state index contributed by atoms with van der Waals surface area (Å²) in [6.07, 6.45) is 6.21. The monoisotopic (exact) mass is 233 g/mol. The lowest BCUT2D eigenvalue weighted by atomic mass is 9.96. The Hall–Kier alpha value is 0.0569. The normalized spacial score (nSPS) is 28.4. The topological polar surface area (TPSA) is 39.7 Å². The maximum absolute atomic E-state index is 5.57. The van der Waals surface area contributed by atoms with Crippen molar-refractivity contribution < 1.29 is 13.4 Å². The van der Waals surface area contributed by atoms with Crippen molar-refractivity contribution in [1.82, 2.24) is 5.48 Å². The average molecular weight is 233 g/mol. The lowest BCUT2D eigenvalue weighted by Crippen LogP contribution is -2.35. The van der Waals surface area contributed by atoms with E-state index in [9.17, 15) is 0 Å². The third-order valence-electron chi connectivity index (χ3n) is 2.74. The molecule has 1 rings (SSSR count). The summed E-state index contributed by atoms with van der Waals surface area (Å²) in [6, 6.07) is 0. The van der Waals surface area contributed by atoms with Crippen LogP contribution in [-0.2, 0) is 13.4 Å². The molecule has 1 aliphatic heterocycles. The summed E-state index contributed by atoms with van der Waals surface area (Å²) in [5.41, 5.74) is 2.64. The molecule has 1 aliphatic rings. The van der Waals surface area contributed by atoms with Gasteiger partial charge in [-0.2, -0.15) is 0 Å². The average Bonchev–Trinajstić information content (AvgIpc) is 2.20. The van der Waals surface area contributed by atoms with Gasteiger partial charge >= 0.3 is 9.53 Å². The zero-order valence-corrected chi connectivity index (χ0v) is 11.0. The second-order valence-corrected chi connectivity index (χ2v) is 5.42. The Bertz CT molecular complexity index is 150. The van der Waals surface area contributed by atoms with E-state index < -0.39 is 9.53 Å². The smallest absolute Gasteiger partial charge is 0.375 e. The molecule has 1 fully saturated rings. The lowest BCUT2D eigenvalue weighted by molar-refractivity contribution is 0.0384. The number of hydrogen-bond donors (Lipinski definition) is 1. The van der Waals surface area contributed by atoms with Gasteiger partial charge in [-0.25, -0.2) is 5.48 Å². The van der Waals surface area contributed by atoms with Crippen LogP contribution in [0.15, 0.2) is 0 Å². The van der Waals surface area contributed by atoms with Crippen LogP contribution in [0.1, 0.15) is 39.0 Å². The molecule has 0 saturated carbocycles. The predicted molar refractivity (Wildman–Crippen MR) is 61.4 cm³/mol. The number of unbranched alkanes of at least 4 members (excludes halogenated alkanes) is 1. The Morgan fingerprint density at radius 2 is 2.00 bits per heavy atom. The van der Waals surface area contributed by atoms with Crippen molar-refractivity contribution in [3.8, 4) is 0 Å². The van der Waals surface area contributed by atoms with E-state index in [-0.39, 0.29) is 0 Å². The molecule has 0 bridgehead atoms. The van der Waals surface area contributed by atoms with E-state index in [0.717, 1.165) is 32.0 Å². The molecule has 90 valence electrons. The minimum Gasteiger partial charge on any atom is -0.375 e. The number of nitrogens with one attached hydrogen (secondary N) is 1. The third kappa shape index (κ3) is 5.63. The van der Waals surface area contributed by atoms with Gasteiger partial charge in [-0.1, -0.05) is 26.2 Å². The summed E-state index contributed by atoms with van der Waals surface area (Å²) in [5, 5.41) is 0. The van der Waals surface area contributed by atoms with Gasteiger partial charge in [0, 0.05) is 20.3 Å².